The lowest BCUT2D eigenvalue weighted by atomic mass is 10.2. The van der Waals surface area contributed by atoms with Crippen molar-refractivity contribution < 1.29 is 8.78 Å². The molecule has 0 bridgehead atoms. The van der Waals surface area contributed by atoms with Crippen LogP contribution in [0.4, 0.5) is 8.78 Å². The van der Waals surface area contributed by atoms with E-state index in [1.807, 2.05) is 0 Å². The van der Waals surface area contributed by atoms with Crippen LogP contribution < -0.4 is 5.43 Å². The first-order valence-electron chi connectivity index (χ1n) is 6.94. The highest BCUT2D eigenvalue weighted by Crippen LogP contribution is 2.18. The highest BCUT2D eigenvalue weighted by molar-refractivity contribution is 6.12. The molecule has 2 aromatic rings. The van der Waals surface area contributed by atoms with E-state index in [-0.39, 0.29) is 5.84 Å². The Morgan fingerprint density at radius 1 is 1.55 bits per heavy atom. The second-order valence-corrected chi connectivity index (χ2v) is 4.65. The summed E-state index contributed by atoms with van der Waals surface area (Å²) in [5.74, 6) is -0.926. The number of hydrazone groups is 1. The van der Waals surface area contributed by atoms with E-state index in [1.165, 1.54) is 6.07 Å². The highest BCUT2D eigenvalue weighted by atomic mass is 19.1. The molecule has 22 heavy (non-hydrogen) atoms. The maximum atomic E-state index is 13.4. The van der Waals surface area contributed by atoms with Gasteiger partial charge in [-0.15, -0.1) is 0 Å². The summed E-state index contributed by atoms with van der Waals surface area (Å²) >= 11 is 0. The topological polar surface area (TPSA) is 65.4 Å². The molecule has 0 amide bonds. The molecule has 0 fully saturated rings. The minimum Gasteiger partial charge on any atom is -0.345 e. The van der Waals surface area contributed by atoms with Gasteiger partial charge < -0.3 is 10.4 Å². The molecule has 0 aliphatic heterocycles. The van der Waals surface area contributed by atoms with Crippen LogP contribution in [0.25, 0.3) is 11.0 Å². The first-order valence-corrected chi connectivity index (χ1v) is 6.94. The molecule has 5 nitrogen and oxygen atoms in total. The van der Waals surface area contributed by atoms with Gasteiger partial charge in [0.05, 0.1) is 12.4 Å². The smallest absolute Gasteiger partial charge is 0.181 e. The monoisotopic (exact) mass is 305 g/mol. The average Bonchev–Trinajstić information content (AvgIpc) is 2.89. The van der Waals surface area contributed by atoms with Gasteiger partial charge >= 0.3 is 0 Å². The zero-order valence-electron chi connectivity index (χ0n) is 12.2. The standard InChI is InChI=1S/C15H17F2N5/c1-3-4-5-21-22-15(18-7-10(2)16)13-9-20-14-12(13)6-11(17)8-19-14/h6-9,21H,2-5H2,1H3,(H,19,20)/b18-7?,22-15-. The third-order valence-electron chi connectivity index (χ3n) is 2.89. The summed E-state index contributed by atoms with van der Waals surface area (Å²) in [6.45, 7) is 5.85. The fourth-order valence-corrected chi connectivity index (χ4v) is 1.84. The van der Waals surface area contributed by atoms with E-state index < -0.39 is 11.6 Å². The number of aromatic nitrogens is 2. The molecule has 0 aliphatic rings. The summed E-state index contributed by atoms with van der Waals surface area (Å²) in [5, 5.41) is 4.67. The van der Waals surface area contributed by atoms with Gasteiger partial charge in [-0.05, 0) is 12.5 Å². The van der Waals surface area contributed by atoms with Crippen molar-refractivity contribution in [3.63, 3.8) is 0 Å². The second-order valence-electron chi connectivity index (χ2n) is 4.65. The first kappa shape index (κ1) is 15.8. The number of hydrogen-bond acceptors (Lipinski definition) is 3. The van der Waals surface area contributed by atoms with Crippen molar-refractivity contribution in [2.45, 2.75) is 19.8 Å². The summed E-state index contributed by atoms with van der Waals surface area (Å²) < 4.78 is 26.2. The van der Waals surface area contributed by atoms with E-state index in [0.717, 1.165) is 25.3 Å². The first-order chi connectivity index (χ1) is 10.6. The van der Waals surface area contributed by atoms with E-state index in [9.17, 15) is 8.78 Å². The lowest BCUT2D eigenvalue weighted by molar-refractivity contribution is 0.624. The number of amidine groups is 1. The minimum absolute atomic E-state index is 0.230. The molecule has 0 radical (unpaired) electrons. The van der Waals surface area contributed by atoms with Crippen molar-refractivity contribution in [3.8, 4) is 0 Å². The minimum atomic E-state index is -0.689. The molecule has 0 saturated carbocycles. The largest absolute Gasteiger partial charge is 0.345 e. The molecule has 116 valence electrons. The number of aromatic amines is 1. The van der Waals surface area contributed by atoms with Gasteiger partial charge in [0.2, 0.25) is 0 Å². The van der Waals surface area contributed by atoms with Crippen LogP contribution in [0, 0.1) is 5.82 Å². The summed E-state index contributed by atoms with van der Waals surface area (Å²) in [6.07, 6.45) is 5.65. The SMILES string of the molecule is C=C(F)C=N/C(=N\NCCCC)c1c[nH]c2ncc(F)cc12. The van der Waals surface area contributed by atoms with Crippen LogP contribution in [0.5, 0.6) is 0 Å². The molecular weight excluding hydrogens is 288 g/mol. The van der Waals surface area contributed by atoms with Crippen LogP contribution in [-0.4, -0.2) is 28.6 Å². The van der Waals surface area contributed by atoms with E-state index >= 15 is 0 Å². The number of pyridine rings is 1. The maximum Gasteiger partial charge on any atom is 0.181 e. The van der Waals surface area contributed by atoms with E-state index in [0.29, 0.717) is 23.1 Å². The van der Waals surface area contributed by atoms with Crippen molar-refractivity contribution >= 4 is 23.1 Å². The van der Waals surface area contributed by atoms with Crippen molar-refractivity contribution in [2.24, 2.45) is 10.1 Å². The number of unbranched alkanes of at least 4 members (excludes halogenated alkanes) is 1. The number of nitrogens with zero attached hydrogens (tertiary/aromatic N) is 3. The lowest BCUT2D eigenvalue weighted by Gasteiger charge is -2.02. The number of rotatable bonds is 6. The zero-order valence-corrected chi connectivity index (χ0v) is 12.2. The van der Waals surface area contributed by atoms with Gasteiger partial charge in [0.1, 0.15) is 17.3 Å². The van der Waals surface area contributed by atoms with E-state index in [4.69, 9.17) is 0 Å². The Morgan fingerprint density at radius 2 is 2.36 bits per heavy atom. The number of aliphatic imine (C=N–C) groups is 1. The third kappa shape index (κ3) is 3.97. The van der Waals surface area contributed by atoms with Gasteiger partial charge in [-0.25, -0.2) is 18.8 Å². The summed E-state index contributed by atoms with van der Waals surface area (Å²) in [5.41, 5.74) is 3.91. The van der Waals surface area contributed by atoms with Crippen molar-refractivity contribution in [2.75, 3.05) is 6.54 Å². The fourth-order valence-electron chi connectivity index (χ4n) is 1.84. The Hall–Kier alpha value is -2.57. The summed E-state index contributed by atoms with van der Waals surface area (Å²) in [4.78, 5) is 10.8. The van der Waals surface area contributed by atoms with Gasteiger partial charge in [-0.1, -0.05) is 19.9 Å². The van der Waals surface area contributed by atoms with E-state index in [1.54, 1.807) is 6.20 Å². The Balaban J connectivity index is 2.37. The highest BCUT2D eigenvalue weighted by Gasteiger charge is 2.11. The molecule has 2 heterocycles. The number of hydrogen-bond donors (Lipinski definition) is 2. The molecule has 2 rings (SSSR count). The zero-order chi connectivity index (χ0) is 15.9. The van der Waals surface area contributed by atoms with Crippen LogP contribution in [0.2, 0.25) is 0 Å². The molecule has 0 saturated heterocycles. The van der Waals surface area contributed by atoms with Gasteiger partial charge in [0.15, 0.2) is 5.84 Å². The van der Waals surface area contributed by atoms with Gasteiger partial charge in [-0.3, -0.25) is 0 Å². The Labute approximate surface area is 126 Å². The molecule has 2 N–H and O–H groups in total. The Kier molecular flexibility index (Phi) is 5.35. The summed E-state index contributed by atoms with van der Waals surface area (Å²) in [6, 6.07) is 1.33. The van der Waals surface area contributed by atoms with Crippen molar-refractivity contribution in [1.82, 2.24) is 15.4 Å². The molecule has 0 aliphatic carbocycles. The second kappa shape index (κ2) is 7.44. The number of H-pyrrole nitrogens is 1. The molecule has 0 atom stereocenters. The molecule has 0 unspecified atom stereocenters. The normalized spacial score (nSPS) is 12.2. The predicted molar refractivity (Wildman–Crippen MR) is 84.2 cm³/mol. The molecule has 0 aromatic carbocycles. The predicted octanol–water partition coefficient (Wildman–Crippen LogP) is 3.31. The van der Waals surface area contributed by atoms with Crippen LogP contribution >= 0.6 is 0 Å². The van der Waals surface area contributed by atoms with Gasteiger partial charge in [-0.2, -0.15) is 5.10 Å². The average molecular weight is 305 g/mol. The van der Waals surface area contributed by atoms with Gasteiger partial charge in [0.25, 0.3) is 0 Å². The van der Waals surface area contributed by atoms with Crippen LogP contribution in [-0.2, 0) is 0 Å². The van der Waals surface area contributed by atoms with Crippen LogP contribution in [0.3, 0.4) is 0 Å². The van der Waals surface area contributed by atoms with Crippen molar-refractivity contribution in [1.29, 1.82) is 0 Å². The van der Waals surface area contributed by atoms with Crippen LogP contribution in [0.1, 0.15) is 25.3 Å². The quantitative estimate of drug-likeness (QED) is 0.372. The number of nitrogens with one attached hydrogen (secondary N) is 2. The molecule has 2 aromatic heterocycles. The van der Waals surface area contributed by atoms with E-state index in [2.05, 4.69) is 39.0 Å². The number of halogens is 2. The molecular formula is C15H17F2N5. The third-order valence-corrected chi connectivity index (χ3v) is 2.89. The Bertz CT molecular complexity index is 718. The van der Waals surface area contributed by atoms with Gasteiger partial charge in [0, 0.05) is 23.7 Å². The fraction of sp³-hybridized carbons (Fsp3) is 0.267. The molecule has 0 spiro atoms. The van der Waals surface area contributed by atoms with Crippen LogP contribution in [0.15, 0.2) is 41.0 Å². The Morgan fingerprint density at radius 3 is 3.09 bits per heavy atom. The number of allylic oxidation sites excluding steroid dienone is 1. The molecule has 7 heteroatoms. The van der Waals surface area contributed by atoms with Crippen molar-refractivity contribution in [3.05, 3.63) is 42.2 Å². The lowest BCUT2D eigenvalue weighted by Crippen LogP contribution is -2.11. The summed E-state index contributed by atoms with van der Waals surface area (Å²) in [7, 11) is 0. The number of fused-ring (bicyclic) bond motifs is 1. The maximum absolute atomic E-state index is 13.4.